The zero-order chi connectivity index (χ0) is 15.1. The second-order valence-electron chi connectivity index (χ2n) is 5.60. The monoisotopic (exact) mass is 270 g/mol. The van der Waals surface area contributed by atoms with Crippen LogP contribution in [0.5, 0.6) is 0 Å². The molecule has 108 valence electrons. The van der Waals surface area contributed by atoms with Crippen molar-refractivity contribution in [2.75, 3.05) is 0 Å². The lowest BCUT2D eigenvalue weighted by atomic mass is 9.83. The minimum Gasteiger partial charge on any atom is -0.388 e. The van der Waals surface area contributed by atoms with Gasteiger partial charge < -0.3 is 5.11 Å². The van der Waals surface area contributed by atoms with Crippen molar-refractivity contribution in [3.05, 3.63) is 47.6 Å². The first-order valence-corrected chi connectivity index (χ1v) is 7.38. The molecule has 0 heterocycles. The van der Waals surface area contributed by atoms with Gasteiger partial charge in [-0.25, -0.2) is 0 Å². The van der Waals surface area contributed by atoms with Crippen LogP contribution in [-0.2, 0) is 0 Å². The molecule has 0 fully saturated rings. The van der Waals surface area contributed by atoms with Crippen LogP contribution < -0.4 is 0 Å². The Morgan fingerprint density at radius 1 is 1.65 bits per heavy atom. The van der Waals surface area contributed by atoms with Gasteiger partial charge in [0.1, 0.15) is 0 Å². The third kappa shape index (κ3) is 4.25. The van der Waals surface area contributed by atoms with Crippen LogP contribution in [-0.4, -0.2) is 11.2 Å². The van der Waals surface area contributed by atoms with E-state index < -0.39 is 6.10 Å². The van der Waals surface area contributed by atoms with E-state index in [0.29, 0.717) is 5.92 Å². The van der Waals surface area contributed by atoms with Gasteiger partial charge in [0.05, 0.1) is 6.10 Å². The summed E-state index contributed by atoms with van der Waals surface area (Å²) in [6.45, 7) is 10.2. The predicted octanol–water partition coefficient (Wildman–Crippen LogP) is 4.42. The van der Waals surface area contributed by atoms with Crippen molar-refractivity contribution in [3.63, 3.8) is 0 Å². The molecule has 0 aliphatic heterocycles. The Morgan fingerprint density at radius 2 is 2.35 bits per heavy atom. The fourth-order valence-corrected chi connectivity index (χ4v) is 2.56. The van der Waals surface area contributed by atoms with Crippen LogP contribution >= 0.6 is 0 Å². The SMILES string of the molecule is C#C/C=C(\C)C1C=CC(C(C)C(O)C(=C)CCC)=CC1. The van der Waals surface area contributed by atoms with E-state index in [9.17, 15) is 5.11 Å². The number of hydrogen-bond donors (Lipinski definition) is 1. The van der Waals surface area contributed by atoms with Gasteiger partial charge in [0.25, 0.3) is 0 Å². The summed E-state index contributed by atoms with van der Waals surface area (Å²) in [6, 6.07) is 0. The number of rotatable bonds is 6. The molecule has 1 aliphatic carbocycles. The van der Waals surface area contributed by atoms with Crippen molar-refractivity contribution in [1.29, 1.82) is 0 Å². The summed E-state index contributed by atoms with van der Waals surface area (Å²) in [6.07, 6.45) is 16.1. The number of terminal acetylenes is 1. The molecule has 1 aliphatic rings. The number of aliphatic hydroxyl groups is 1. The van der Waals surface area contributed by atoms with Gasteiger partial charge in [0, 0.05) is 11.8 Å². The summed E-state index contributed by atoms with van der Waals surface area (Å²) >= 11 is 0. The summed E-state index contributed by atoms with van der Waals surface area (Å²) in [5.74, 6) is 3.06. The van der Waals surface area contributed by atoms with Gasteiger partial charge in [-0.15, -0.1) is 6.42 Å². The largest absolute Gasteiger partial charge is 0.388 e. The third-order valence-electron chi connectivity index (χ3n) is 4.01. The molecular formula is C19H26O. The molecule has 0 bridgehead atoms. The molecule has 0 aromatic heterocycles. The lowest BCUT2D eigenvalue weighted by Crippen LogP contribution is -2.22. The highest BCUT2D eigenvalue weighted by atomic mass is 16.3. The molecule has 0 saturated heterocycles. The molecule has 1 heteroatoms. The van der Waals surface area contributed by atoms with E-state index in [4.69, 9.17) is 6.42 Å². The Balaban J connectivity index is 2.68. The van der Waals surface area contributed by atoms with Crippen molar-refractivity contribution >= 4 is 0 Å². The first-order chi connectivity index (χ1) is 9.51. The third-order valence-corrected chi connectivity index (χ3v) is 4.01. The van der Waals surface area contributed by atoms with E-state index in [1.807, 2.05) is 6.08 Å². The zero-order valence-corrected chi connectivity index (χ0v) is 12.9. The van der Waals surface area contributed by atoms with E-state index >= 15 is 0 Å². The molecule has 0 aromatic rings. The predicted molar refractivity (Wildman–Crippen MR) is 87.1 cm³/mol. The highest BCUT2D eigenvalue weighted by molar-refractivity contribution is 5.33. The molecule has 3 unspecified atom stereocenters. The maximum absolute atomic E-state index is 10.3. The highest BCUT2D eigenvalue weighted by Gasteiger charge is 2.21. The summed E-state index contributed by atoms with van der Waals surface area (Å²) in [7, 11) is 0. The van der Waals surface area contributed by atoms with Gasteiger partial charge in [0.2, 0.25) is 0 Å². The lowest BCUT2D eigenvalue weighted by molar-refractivity contribution is 0.165. The molecule has 20 heavy (non-hydrogen) atoms. The van der Waals surface area contributed by atoms with Crippen LogP contribution in [0.25, 0.3) is 0 Å². The van der Waals surface area contributed by atoms with Crippen molar-refractivity contribution in [3.8, 4) is 12.3 Å². The maximum atomic E-state index is 10.3. The van der Waals surface area contributed by atoms with Gasteiger partial charge >= 0.3 is 0 Å². The highest BCUT2D eigenvalue weighted by Crippen LogP contribution is 2.29. The van der Waals surface area contributed by atoms with Crippen molar-refractivity contribution in [2.45, 2.75) is 46.1 Å². The smallest absolute Gasteiger partial charge is 0.0813 e. The zero-order valence-electron chi connectivity index (χ0n) is 12.9. The fraction of sp³-hybridized carbons (Fsp3) is 0.474. The molecule has 1 nitrogen and oxygen atoms in total. The van der Waals surface area contributed by atoms with Gasteiger partial charge in [-0.2, -0.15) is 0 Å². The molecule has 1 rings (SSSR count). The van der Waals surface area contributed by atoms with E-state index in [1.165, 1.54) is 11.1 Å². The Labute approximate surface area is 123 Å². The molecule has 0 aromatic carbocycles. The van der Waals surface area contributed by atoms with Gasteiger partial charge in [-0.3, -0.25) is 0 Å². The quantitative estimate of drug-likeness (QED) is 0.559. The van der Waals surface area contributed by atoms with Crippen LogP contribution in [0.15, 0.2) is 47.6 Å². The van der Waals surface area contributed by atoms with Gasteiger partial charge in [-0.05, 0) is 37.0 Å². The van der Waals surface area contributed by atoms with Crippen molar-refractivity contribution in [2.24, 2.45) is 11.8 Å². The van der Waals surface area contributed by atoms with E-state index in [-0.39, 0.29) is 5.92 Å². The lowest BCUT2D eigenvalue weighted by Gasteiger charge is -2.25. The Hall–Kier alpha value is -1.52. The van der Waals surface area contributed by atoms with Gasteiger partial charge in [0.15, 0.2) is 0 Å². The summed E-state index contributed by atoms with van der Waals surface area (Å²) in [5, 5.41) is 10.3. The Morgan fingerprint density at radius 3 is 2.85 bits per heavy atom. The standard InChI is InChI=1S/C19H26O/c1-6-8-14(3)17-10-12-18(13-11-17)16(5)19(20)15(4)9-7-2/h1,8,10,12-13,16-17,19-20H,4,7,9,11H2,2-3,5H3/b14-8+. The van der Waals surface area contributed by atoms with Crippen molar-refractivity contribution < 1.29 is 5.11 Å². The van der Waals surface area contributed by atoms with Crippen LogP contribution in [0.3, 0.4) is 0 Å². The average molecular weight is 270 g/mol. The molecule has 0 spiro atoms. The number of hydrogen-bond acceptors (Lipinski definition) is 1. The minimum absolute atomic E-state index is 0.100. The van der Waals surface area contributed by atoms with E-state index in [0.717, 1.165) is 24.8 Å². The van der Waals surface area contributed by atoms with Crippen LogP contribution in [0.4, 0.5) is 0 Å². The normalized spacial score (nSPS) is 21.9. The Bertz CT molecular complexity index is 470. The van der Waals surface area contributed by atoms with Crippen LogP contribution in [0, 0.1) is 24.2 Å². The molecule has 0 radical (unpaired) electrons. The van der Waals surface area contributed by atoms with E-state index in [1.54, 1.807) is 0 Å². The molecule has 0 amide bonds. The average Bonchev–Trinajstić information content (AvgIpc) is 2.46. The van der Waals surface area contributed by atoms with E-state index in [2.05, 4.69) is 51.5 Å². The topological polar surface area (TPSA) is 20.2 Å². The summed E-state index contributed by atoms with van der Waals surface area (Å²) < 4.78 is 0. The number of aliphatic hydroxyl groups excluding tert-OH is 1. The number of allylic oxidation sites excluding steroid dienone is 5. The van der Waals surface area contributed by atoms with Gasteiger partial charge in [-0.1, -0.05) is 56.6 Å². The molecule has 3 atom stereocenters. The maximum Gasteiger partial charge on any atom is 0.0813 e. The molecular weight excluding hydrogens is 244 g/mol. The second kappa shape index (κ2) is 7.92. The van der Waals surface area contributed by atoms with Crippen LogP contribution in [0.1, 0.15) is 40.0 Å². The Kier molecular flexibility index (Phi) is 6.55. The second-order valence-corrected chi connectivity index (χ2v) is 5.60. The molecule has 0 saturated carbocycles. The summed E-state index contributed by atoms with van der Waals surface area (Å²) in [5.41, 5.74) is 3.34. The van der Waals surface area contributed by atoms with Crippen LogP contribution in [0.2, 0.25) is 0 Å². The summed E-state index contributed by atoms with van der Waals surface area (Å²) in [4.78, 5) is 0. The van der Waals surface area contributed by atoms with Crippen molar-refractivity contribution in [1.82, 2.24) is 0 Å². The minimum atomic E-state index is -0.454. The fourth-order valence-electron chi connectivity index (χ4n) is 2.56. The first-order valence-electron chi connectivity index (χ1n) is 7.38. The molecule has 1 N–H and O–H groups in total. The first kappa shape index (κ1) is 16.5.